The molecule has 1 heterocycles. The molecule has 0 bridgehead atoms. The first-order valence-electron chi connectivity index (χ1n) is 7.06. The molecular formula is C18H19N. The monoisotopic (exact) mass is 249 g/mol. The third-order valence-electron chi connectivity index (χ3n) is 3.60. The van der Waals surface area contributed by atoms with E-state index in [4.69, 9.17) is 0 Å². The quantitative estimate of drug-likeness (QED) is 0.541. The molecule has 0 saturated carbocycles. The molecule has 0 aliphatic carbocycles. The van der Waals surface area contributed by atoms with E-state index in [-0.39, 0.29) is 0 Å². The second-order valence-corrected chi connectivity index (χ2v) is 4.93. The zero-order valence-corrected chi connectivity index (χ0v) is 11.3. The Morgan fingerprint density at radius 2 is 1.47 bits per heavy atom. The summed E-state index contributed by atoms with van der Waals surface area (Å²) >= 11 is 0. The van der Waals surface area contributed by atoms with Gasteiger partial charge in [0.05, 0.1) is 11.0 Å². The first-order valence-corrected chi connectivity index (χ1v) is 7.06. The maximum atomic E-state index is 2.31. The van der Waals surface area contributed by atoms with Crippen molar-refractivity contribution in [1.82, 2.24) is 4.57 Å². The number of fused-ring (bicyclic) bond motifs is 3. The van der Waals surface area contributed by atoms with Crippen molar-refractivity contribution in [2.24, 2.45) is 0 Å². The number of unbranched alkanes of at least 4 members (excludes halogenated alkanes) is 2. The fourth-order valence-corrected chi connectivity index (χ4v) is 2.62. The smallest absolute Gasteiger partial charge is 0.0534 e. The van der Waals surface area contributed by atoms with Gasteiger partial charge in [0.1, 0.15) is 0 Å². The highest BCUT2D eigenvalue weighted by Crippen LogP contribution is 2.28. The molecule has 0 radical (unpaired) electrons. The van der Waals surface area contributed by atoms with Crippen molar-refractivity contribution in [3.8, 4) is 0 Å². The summed E-state index contributed by atoms with van der Waals surface area (Å²) in [6, 6.07) is 17.2. The lowest BCUT2D eigenvalue weighted by Gasteiger charge is -2.00. The molecule has 1 heteroatoms. The minimum atomic E-state index is 1.15. The molecule has 0 aliphatic rings. The van der Waals surface area contributed by atoms with Crippen LogP contribution in [0.25, 0.3) is 28.0 Å². The Bertz CT molecular complexity index is 665. The highest BCUT2D eigenvalue weighted by molar-refractivity contribution is 6.09. The van der Waals surface area contributed by atoms with Gasteiger partial charge in [-0.05, 0) is 18.6 Å². The molecule has 96 valence electrons. The van der Waals surface area contributed by atoms with Crippen LogP contribution in [-0.4, -0.2) is 4.57 Å². The lowest BCUT2D eigenvalue weighted by Crippen LogP contribution is -1.85. The van der Waals surface area contributed by atoms with Gasteiger partial charge in [0, 0.05) is 17.0 Å². The molecule has 0 amide bonds. The lowest BCUT2D eigenvalue weighted by molar-refractivity contribution is 0.815. The molecule has 0 unspecified atom stereocenters. The highest BCUT2D eigenvalue weighted by Gasteiger charge is 2.06. The molecule has 0 saturated heterocycles. The van der Waals surface area contributed by atoms with Crippen LogP contribution in [0.2, 0.25) is 0 Å². The maximum Gasteiger partial charge on any atom is 0.0534 e. The van der Waals surface area contributed by atoms with E-state index in [1.165, 1.54) is 34.6 Å². The third kappa shape index (κ3) is 2.17. The Morgan fingerprint density at radius 3 is 2.05 bits per heavy atom. The van der Waals surface area contributed by atoms with Crippen LogP contribution >= 0.6 is 0 Å². The van der Waals surface area contributed by atoms with Crippen molar-refractivity contribution in [1.29, 1.82) is 0 Å². The van der Waals surface area contributed by atoms with Gasteiger partial charge in [-0.15, -0.1) is 0 Å². The van der Waals surface area contributed by atoms with Gasteiger partial charge in [0.15, 0.2) is 0 Å². The standard InChI is InChI=1S/C18H19N/c1-2-3-4-9-14-19-17-12-7-5-10-15(17)16-11-6-8-13-18(16)19/h5-14H,2-4H2,1H3/b14-9+. The van der Waals surface area contributed by atoms with Crippen molar-refractivity contribution in [2.45, 2.75) is 26.2 Å². The number of allylic oxidation sites excluding steroid dienone is 1. The van der Waals surface area contributed by atoms with Crippen LogP contribution in [0, 0.1) is 0 Å². The van der Waals surface area contributed by atoms with Gasteiger partial charge in [0.2, 0.25) is 0 Å². The van der Waals surface area contributed by atoms with Crippen LogP contribution in [0.3, 0.4) is 0 Å². The van der Waals surface area contributed by atoms with Gasteiger partial charge in [-0.25, -0.2) is 0 Å². The van der Waals surface area contributed by atoms with E-state index in [0.717, 1.165) is 6.42 Å². The molecule has 0 atom stereocenters. The van der Waals surface area contributed by atoms with Crippen LogP contribution in [0.4, 0.5) is 0 Å². The van der Waals surface area contributed by atoms with Gasteiger partial charge in [-0.1, -0.05) is 62.2 Å². The minimum absolute atomic E-state index is 1.15. The Kier molecular flexibility index (Phi) is 3.37. The molecule has 3 rings (SSSR count). The van der Waals surface area contributed by atoms with E-state index in [2.05, 4.69) is 72.3 Å². The van der Waals surface area contributed by atoms with Crippen LogP contribution in [0.5, 0.6) is 0 Å². The average molecular weight is 249 g/mol. The predicted octanol–water partition coefficient (Wildman–Crippen LogP) is 5.46. The van der Waals surface area contributed by atoms with Gasteiger partial charge < -0.3 is 4.57 Å². The van der Waals surface area contributed by atoms with Crippen molar-refractivity contribution >= 4 is 28.0 Å². The number of para-hydroxylation sites is 2. The fourth-order valence-electron chi connectivity index (χ4n) is 2.62. The summed E-state index contributed by atoms with van der Waals surface area (Å²) in [5.41, 5.74) is 2.58. The topological polar surface area (TPSA) is 4.93 Å². The van der Waals surface area contributed by atoms with Crippen LogP contribution in [0.15, 0.2) is 54.6 Å². The fraction of sp³-hybridized carbons (Fsp3) is 0.222. The number of rotatable bonds is 4. The molecule has 0 fully saturated rings. The summed E-state index contributed by atoms with van der Waals surface area (Å²) in [5, 5.41) is 2.66. The van der Waals surface area contributed by atoms with Gasteiger partial charge in [-0.3, -0.25) is 0 Å². The Morgan fingerprint density at radius 1 is 0.895 bits per heavy atom. The minimum Gasteiger partial charge on any atom is -0.316 e. The number of benzene rings is 2. The summed E-state index contributed by atoms with van der Waals surface area (Å²) < 4.78 is 2.31. The van der Waals surface area contributed by atoms with Gasteiger partial charge >= 0.3 is 0 Å². The van der Waals surface area contributed by atoms with E-state index >= 15 is 0 Å². The zero-order valence-electron chi connectivity index (χ0n) is 11.3. The van der Waals surface area contributed by atoms with Crippen molar-refractivity contribution < 1.29 is 0 Å². The summed E-state index contributed by atoms with van der Waals surface area (Å²) in [5.74, 6) is 0. The van der Waals surface area contributed by atoms with Crippen molar-refractivity contribution in [3.63, 3.8) is 0 Å². The van der Waals surface area contributed by atoms with E-state index in [0.29, 0.717) is 0 Å². The van der Waals surface area contributed by atoms with Crippen molar-refractivity contribution in [2.75, 3.05) is 0 Å². The number of hydrogen-bond donors (Lipinski definition) is 0. The van der Waals surface area contributed by atoms with Gasteiger partial charge in [-0.2, -0.15) is 0 Å². The Labute approximate surface area is 114 Å². The molecule has 19 heavy (non-hydrogen) atoms. The summed E-state index contributed by atoms with van der Waals surface area (Å²) in [6.07, 6.45) is 8.16. The molecule has 0 spiro atoms. The van der Waals surface area contributed by atoms with Crippen LogP contribution < -0.4 is 0 Å². The molecule has 0 N–H and O–H groups in total. The van der Waals surface area contributed by atoms with E-state index in [1.54, 1.807) is 0 Å². The second-order valence-electron chi connectivity index (χ2n) is 4.93. The number of hydrogen-bond acceptors (Lipinski definition) is 0. The number of nitrogens with zero attached hydrogens (tertiary/aromatic N) is 1. The predicted molar refractivity (Wildman–Crippen MR) is 84.3 cm³/mol. The normalized spacial score (nSPS) is 11.8. The highest BCUT2D eigenvalue weighted by atomic mass is 14.9. The van der Waals surface area contributed by atoms with Gasteiger partial charge in [0.25, 0.3) is 0 Å². The Hall–Kier alpha value is -2.02. The lowest BCUT2D eigenvalue weighted by atomic mass is 10.2. The van der Waals surface area contributed by atoms with Crippen LogP contribution in [0.1, 0.15) is 26.2 Å². The zero-order chi connectivity index (χ0) is 13.1. The molecule has 3 aromatic rings. The second kappa shape index (κ2) is 5.31. The SMILES string of the molecule is CCCC/C=C/n1c2ccccc2c2ccccc21. The largest absolute Gasteiger partial charge is 0.316 e. The third-order valence-corrected chi connectivity index (χ3v) is 3.60. The van der Waals surface area contributed by atoms with E-state index in [1.807, 2.05) is 0 Å². The van der Waals surface area contributed by atoms with Crippen LogP contribution in [-0.2, 0) is 0 Å². The molecule has 1 aromatic heterocycles. The Balaban J connectivity index is 2.16. The maximum absolute atomic E-state index is 2.31. The molecule has 0 aliphatic heterocycles. The molecular weight excluding hydrogens is 230 g/mol. The molecule has 1 nitrogen and oxygen atoms in total. The average Bonchev–Trinajstić information content (AvgIpc) is 2.78. The van der Waals surface area contributed by atoms with E-state index < -0.39 is 0 Å². The summed E-state index contributed by atoms with van der Waals surface area (Å²) in [7, 11) is 0. The van der Waals surface area contributed by atoms with Crippen molar-refractivity contribution in [3.05, 3.63) is 54.6 Å². The number of aromatic nitrogens is 1. The summed E-state index contributed by atoms with van der Waals surface area (Å²) in [6.45, 7) is 2.23. The first-order chi connectivity index (χ1) is 9.42. The molecule has 2 aromatic carbocycles. The van der Waals surface area contributed by atoms with E-state index in [9.17, 15) is 0 Å². The first kappa shape index (κ1) is 12.0. The summed E-state index contributed by atoms with van der Waals surface area (Å²) in [4.78, 5) is 0.